The third-order valence-corrected chi connectivity index (χ3v) is 5.08. The van der Waals surface area contributed by atoms with Gasteiger partial charge in [0.05, 0.1) is 6.61 Å². The van der Waals surface area contributed by atoms with Gasteiger partial charge in [-0.25, -0.2) is 0 Å². The van der Waals surface area contributed by atoms with Gasteiger partial charge in [-0.05, 0) is 44.9 Å². The van der Waals surface area contributed by atoms with Crippen molar-refractivity contribution in [2.24, 2.45) is 0 Å². The van der Waals surface area contributed by atoms with Crippen molar-refractivity contribution in [3.8, 4) is 0 Å². The molecule has 1 fully saturated rings. The zero-order valence-corrected chi connectivity index (χ0v) is 11.1. The maximum atomic E-state index is 10.0. The fourth-order valence-corrected chi connectivity index (χ4v) is 4.31. The minimum Gasteiger partial charge on any atom is -0.386 e. The molecule has 3 unspecified atom stereocenters. The molecule has 94 valence electrons. The van der Waals surface area contributed by atoms with Crippen LogP contribution in [0.1, 0.15) is 41.2 Å². The zero-order chi connectivity index (χ0) is 12.0. The number of piperidine rings is 1. The van der Waals surface area contributed by atoms with Gasteiger partial charge in [-0.2, -0.15) is 0 Å². The van der Waals surface area contributed by atoms with Crippen LogP contribution < -0.4 is 5.32 Å². The van der Waals surface area contributed by atoms with Crippen LogP contribution in [0.5, 0.6) is 0 Å². The van der Waals surface area contributed by atoms with Crippen molar-refractivity contribution < 1.29 is 9.84 Å². The second-order valence-corrected chi connectivity index (χ2v) is 6.53. The lowest BCUT2D eigenvalue weighted by atomic mass is 9.82. The normalized spacial score (nSPS) is 37.1. The minimum absolute atomic E-state index is 0.141. The molecule has 4 heteroatoms. The van der Waals surface area contributed by atoms with E-state index >= 15 is 0 Å². The summed E-state index contributed by atoms with van der Waals surface area (Å²) in [5.74, 6) is 0. The first-order valence-corrected chi connectivity index (χ1v) is 7.08. The average molecular weight is 253 g/mol. The molecule has 1 aromatic heterocycles. The molecule has 1 saturated heterocycles. The van der Waals surface area contributed by atoms with E-state index in [0.717, 1.165) is 24.9 Å². The molecule has 0 amide bonds. The molecule has 0 bridgehead atoms. The van der Waals surface area contributed by atoms with E-state index < -0.39 is 6.10 Å². The van der Waals surface area contributed by atoms with Crippen molar-refractivity contribution in [2.75, 3.05) is 13.2 Å². The van der Waals surface area contributed by atoms with Crippen LogP contribution in [0.15, 0.2) is 6.07 Å². The molecule has 1 spiro atoms. The minimum atomic E-state index is -0.439. The second-order valence-electron chi connectivity index (χ2n) is 5.27. The first-order chi connectivity index (χ1) is 8.11. The van der Waals surface area contributed by atoms with Gasteiger partial charge in [-0.15, -0.1) is 11.3 Å². The van der Waals surface area contributed by atoms with Gasteiger partial charge in [0.15, 0.2) is 0 Å². The van der Waals surface area contributed by atoms with E-state index in [9.17, 15) is 5.11 Å². The maximum absolute atomic E-state index is 10.0. The van der Waals surface area contributed by atoms with E-state index in [0.29, 0.717) is 12.6 Å². The molecule has 3 rings (SSSR count). The van der Waals surface area contributed by atoms with E-state index in [4.69, 9.17) is 4.74 Å². The molecule has 17 heavy (non-hydrogen) atoms. The van der Waals surface area contributed by atoms with Gasteiger partial charge < -0.3 is 15.2 Å². The van der Waals surface area contributed by atoms with Gasteiger partial charge in [0, 0.05) is 15.8 Å². The summed E-state index contributed by atoms with van der Waals surface area (Å²) in [4.78, 5) is 2.53. The summed E-state index contributed by atoms with van der Waals surface area (Å²) in [7, 11) is 0. The summed E-state index contributed by atoms with van der Waals surface area (Å²) in [6, 6.07) is 2.61. The van der Waals surface area contributed by atoms with Gasteiger partial charge in [0.25, 0.3) is 0 Å². The number of thiophene rings is 1. The molecule has 1 aromatic rings. The number of aliphatic hydroxyl groups is 1. The molecule has 3 atom stereocenters. The Kier molecular flexibility index (Phi) is 2.78. The highest BCUT2D eigenvalue weighted by molar-refractivity contribution is 7.12. The number of hydrogen-bond donors (Lipinski definition) is 2. The molecule has 0 aromatic carbocycles. The molecule has 0 aliphatic carbocycles. The molecular weight excluding hydrogens is 234 g/mol. The summed E-state index contributed by atoms with van der Waals surface area (Å²) < 4.78 is 6.05. The number of aliphatic hydroxyl groups excluding tert-OH is 1. The Morgan fingerprint density at radius 1 is 1.59 bits per heavy atom. The molecule has 2 N–H and O–H groups in total. The SMILES string of the molecule is Cc1cc2c(s1)C1(CCNC(C)C1)OCC2O. The van der Waals surface area contributed by atoms with Crippen LogP contribution >= 0.6 is 11.3 Å². The third kappa shape index (κ3) is 1.83. The summed E-state index contributed by atoms with van der Waals surface area (Å²) in [5, 5.41) is 13.5. The monoisotopic (exact) mass is 253 g/mol. The first kappa shape index (κ1) is 11.7. The van der Waals surface area contributed by atoms with Gasteiger partial charge in [0.1, 0.15) is 11.7 Å². The van der Waals surface area contributed by atoms with Crippen LogP contribution in [-0.4, -0.2) is 24.3 Å². The molecule has 0 radical (unpaired) electrons. The number of aryl methyl sites for hydroxylation is 1. The van der Waals surface area contributed by atoms with Crippen molar-refractivity contribution in [1.82, 2.24) is 5.32 Å². The van der Waals surface area contributed by atoms with Crippen LogP contribution in [0.4, 0.5) is 0 Å². The van der Waals surface area contributed by atoms with Crippen LogP contribution in [-0.2, 0) is 10.3 Å². The molecule has 2 aliphatic rings. The van der Waals surface area contributed by atoms with Gasteiger partial charge >= 0.3 is 0 Å². The van der Waals surface area contributed by atoms with Crippen LogP contribution in [0, 0.1) is 6.92 Å². The Morgan fingerprint density at radius 2 is 2.41 bits per heavy atom. The highest BCUT2D eigenvalue weighted by Crippen LogP contribution is 2.47. The van der Waals surface area contributed by atoms with E-state index in [1.165, 1.54) is 9.75 Å². The standard InChI is InChI=1S/C13H19NO2S/c1-8-6-13(3-4-14-8)12-10(5-9(2)17-12)11(15)7-16-13/h5,8,11,14-15H,3-4,6-7H2,1-2H3. The van der Waals surface area contributed by atoms with Gasteiger partial charge in [-0.3, -0.25) is 0 Å². The predicted octanol–water partition coefficient (Wildman–Crippen LogP) is 2.09. The highest BCUT2D eigenvalue weighted by atomic mass is 32.1. The average Bonchev–Trinajstić information content (AvgIpc) is 2.68. The topological polar surface area (TPSA) is 41.5 Å². The van der Waals surface area contributed by atoms with E-state index in [-0.39, 0.29) is 5.60 Å². The number of hydrogen-bond acceptors (Lipinski definition) is 4. The predicted molar refractivity (Wildman–Crippen MR) is 68.3 cm³/mol. The number of fused-ring (bicyclic) bond motifs is 2. The second kappa shape index (κ2) is 4.05. The Balaban J connectivity index is 2.04. The lowest BCUT2D eigenvalue weighted by Crippen LogP contribution is -2.48. The summed E-state index contributed by atoms with van der Waals surface area (Å²) in [5.41, 5.74) is 0.964. The maximum Gasteiger partial charge on any atom is 0.105 e. The van der Waals surface area contributed by atoms with Crippen LogP contribution in [0.25, 0.3) is 0 Å². The van der Waals surface area contributed by atoms with Crippen molar-refractivity contribution in [2.45, 2.75) is 44.4 Å². The number of ether oxygens (including phenoxy) is 1. The van der Waals surface area contributed by atoms with Crippen molar-refractivity contribution in [3.63, 3.8) is 0 Å². The largest absolute Gasteiger partial charge is 0.386 e. The van der Waals surface area contributed by atoms with E-state index in [1.807, 2.05) is 0 Å². The Hall–Kier alpha value is -0.420. The van der Waals surface area contributed by atoms with E-state index in [1.54, 1.807) is 11.3 Å². The molecule has 2 aliphatic heterocycles. The van der Waals surface area contributed by atoms with Gasteiger partial charge in [0.2, 0.25) is 0 Å². The van der Waals surface area contributed by atoms with Crippen molar-refractivity contribution >= 4 is 11.3 Å². The molecule has 3 heterocycles. The van der Waals surface area contributed by atoms with Crippen LogP contribution in [0.3, 0.4) is 0 Å². The van der Waals surface area contributed by atoms with Crippen LogP contribution in [0.2, 0.25) is 0 Å². The molecule has 3 nitrogen and oxygen atoms in total. The van der Waals surface area contributed by atoms with Crippen molar-refractivity contribution in [3.05, 3.63) is 21.4 Å². The fraction of sp³-hybridized carbons (Fsp3) is 0.692. The third-order valence-electron chi connectivity index (χ3n) is 3.83. The Labute approximate surface area is 106 Å². The summed E-state index contributed by atoms with van der Waals surface area (Å²) >= 11 is 1.79. The fourth-order valence-electron chi connectivity index (χ4n) is 3.06. The summed E-state index contributed by atoms with van der Waals surface area (Å²) in [6.45, 7) is 5.74. The lowest BCUT2D eigenvalue weighted by molar-refractivity contribution is -0.121. The lowest BCUT2D eigenvalue weighted by Gasteiger charge is -2.43. The van der Waals surface area contributed by atoms with Crippen molar-refractivity contribution in [1.29, 1.82) is 0 Å². The highest BCUT2D eigenvalue weighted by Gasteiger charge is 2.44. The summed E-state index contributed by atoms with van der Waals surface area (Å²) in [6.07, 6.45) is 1.58. The molecular formula is C13H19NO2S. The van der Waals surface area contributed by atoms with Gasteiger partial charge in [-0.1, -0.05) is 0 Å². The zero-order valence-electron chi connectivity index (χ0n) is 10.3. The smallest absolute Gasteiger partial charge is 0.105 e. The first-order valence-electron chi connectivity index (χ1n) is 6.27. The number of rotatable bonds is 0. The Morgan fingerprint density at radius 3 is 3.18 bits per heavy atom. The molecule has 0 saturated carbocycles. The Bertz CT molecular complexity index is 431. The quantitative estimate of drug-likeness (QED) is 0.744. The van der Waals surface area contributed by atoms with E-state index in [2.05, 4.69) is 25.2 Å². The number of nitrogens with one attached hydrogen (secondary N) is 1.